The lowest BCUT2D eigenvalue weighted by molar-refractivity contribution is -0.385. The molecular formula is C14H23N5O2. The third kappa shape index (κ3) is 3.59. The number of nitrogens with one attached hydrogen (secondary N) is 1. The van der Waals surface area contributed by atoms with Crippen LogP contribution in [0.4, 0.5) is 17.5 Å². The van der Waals surface area contributed by atoms with E-state index in [1.807, 2.05) is 18.9 Å². The van der Waals surface area contributed by atoms with Gasteiger partial charge in [0.05, 0.1) is 4.92 Å². The second-order valence-electron chi connectivity index (χ2n) is 5.84. The maximum Gasteiger partial charge on any atom is 0.332 e. The van der Waals surface area contributed by atoms with Gasteiger partial charge in [0.1, 0.15) is 5.69 Å². The van der Waals surface area contributed by atoms with Crippen molar-refractivity contribution < 1.29 is 4.92 Å². The number of anilines is 2. The second kappa shape index (κ2) is 6.24. The lowest BCUT2D eigenvalue weighted by atomic mass is 10.3. The summed E-state index contributed by atoms with van der Waals surface area (Å²) < 4.78 is 0. The molecule has 2 atom stereocenters. The number of hydrogen-bond acceptors (Lipinski definition) is 6. The Morgan fingerprint density at radius 1 is 1.48 bits per heavy atom. The second-order valence-corrected chi connectivity index (χ2v) is 5.84. The molecule has 0 amide bonds. The standard InChI is InChI=1S/C14H23N5O2/c1-5-6-15-14-16-10(3)12(19(20)21)13(17-14)18(4)8-11-7-9(11)2/h9,11H,5-8H2,1-4H3,(H,15,16,17). The van der Waals surface area contributed by atoms with Gasteiger partial charge in [0.2, 0.25) is 11.8 Å². The zero-order chi connectivity index (χ0) is 15.6. The number of nitrogens with zero attached hydrogens (tertiary/aromatic N) is 4. The summed E-state index contributed by atoms with van der Waals surface area (Å²) in [6, 6.07) is 0. The van der Waals surface area contributed by atoms with E-state index in [-0.39, 0.29) is 10.6 Å². The van der Waals surface area contributed by atoms with Crippen LogP contribution >= 0.6 is 0 Å². The van der Waals surface area contributed by atoms with Crippen LogP contribution in [0.15, 0.2) is 0 Å². The SMILES string of the molecule is CCCNc1nc(C)c([N+](=O)[O-])c(N(C)CC2CC2C)n1. The molecule has 1 fully saturated rings. The van der Waals surface area contributed by atoms with Gasteiger partial charge >= 0.3 is 5.69 Å². The Morgan fingerprint density at radius 3 is 2.67 bits per heavy atom. The molecule has 0 saturated heterocycles. The van der Waals surface area contributed by atoms with Crippen molar-refractivity contribution in [2.75, 3.05) is 30.4 Å². The van der Waals surface area contributed by atoms with Crippen LogP contribution in [0.3, 0.4) is 0 Å². The fraction of sp³-hybridized carbons (Fsp3) is 0.714. The highest BCUT2D eigenvalue weighted by atomic mass is 16.6. The molecule has 0 spiro atoms. The van der Waals surface area contributed by atoms with Crippen molar-refractivity contribution in [1.82, 2.24) is 9.97 Å². The lowest BCUT2D eigenvalue weighted by Crippen LogP contribution is -2.24. The first-order chi connectivity index (χ1) is 9.93. The average Bonchev–Trinajstić information content (AvgIpc) is 3.10. The Bertz CT molecular complexity index is 534. The Balaban J connectivity index is 2.29. The number of hydrogen-bond donors (Lipinski definition) is 1. The molecular weight excluding hydrogens is 270 g/mol. The fourth-order valence-corrected chi connectivity index (χ4v) is 2.44. The molecule has 7 nitrogen and oxygen atoms in total. The maximum atomic E-state index is 11.3. The van der Waals surface area contributed by atoms with Crippen molar-refractivity contribution >= 4 is 17.5 Å². The molecule has 21 heavy (non-hydrogen) atoms. The van der Waals surface area contributed by atoms with E-state index >= 15 is 0 Å². The molecule has 0 bridgehead atoms. The topological polar surface area (TPSA) is 84.2 Å². The molecule has 7 heteroatoms. The summed E-state index contributed by atoms with van der Waals surface area (Å²) in [6.07, 6.45) is 2.13. The molecule has 1 saturated carbocycles. The summed E-state index contributed by atoms with van der Waals surface area (Å²) in [6.45, 7) is 7.46. The van der Waals surface area contributed by atoms with E-state index < -0.39 is 0 Å². The van der Waals surface area contributed by atoms with E-state index in [4.69, 9.17) is 0 Å². The monoisotopic (exact) mass is 293 g/mol. The summed E-state index contributed by atoms with van der Waals surface area (Å²) in [7, 11) is 1.86. The largest absolute Gasteiger partial charge is 0.354 e. The summed E-state index contributed by atoms with van der Waals surface area (Å²) >= 11 is 0. The van der Waals surface area contributed by atoms with Crippen LogP contribution in [0.5, 0.6) is 0 Å². The number of aryl methyl sites for hydroxylation is 1. The van der Waals surface area contributed by atoms with Crippen LogP contribution in [0.25, 0.3) is 0 Å². The van der Waals surface area contributed by atoms with Gasteiger partial charge in [-0.3, -0.25) is 10.1 Å². The Morgan fingerprint density at radius 2 is 2.14 bits per heavy atom. The molecule has 1 aromatic rings. The van der Waals surface area contributed by atoms with Gasteiger partial charge in [-0.1, -0.05) is 13.8 Å². The van der Waals surface area contributed by atoms with Gasteiger partial charge in [0.25, 0.3) is 0 Å². The zero-order valence-corrected chi connectivity index (χ0v) is 13.1. The number of aromatic nitrogens is 2. The van der Waals surface area contributed by atoms with Crippen LogP contribution in [-0.4, -0.2) is 35.0 Å². The molecule has 1 aromatic heterocycles. The first-order valence-electron chi connectivity index (χ1n) is 7.42. The maximum absolute atomic E-state index is 11.3. The molecule has 1 N–H and O–H groups in total. The molecule has 1 aliphatic rings. The van der Waals surface area contributed by atoms with E-state index in [2.05, 4.69) is 22.2 Å². The first kappa shape index (κ1) is 15.5. The van der Waals surface area contributed by atoms with Crippen molar-refractivity contribution in [3.8, 4) is 0 Å². The van der Waals surface area contributed by atoms with Crippen LogP contribution in [-0.2, 0) is 0 Å². The van der Waals surface area contributed by atoms with Crippen LogP contribution < -0.4 is 10.2 Å². The summed E-state index contributed by atoms with van der Waals surface area (Å²) in [4.78, 5) is 21.4. The Hall–Kier alpha value is -1.92. The Kier molecular flexibility index (Phi) is 4.59. The molecule has 0 aliphatic heterocycles. The number of nitro groups is 1. The third-order valence-electron chi connectivity index (χ3n) is 3.90. The number of rotatable bonds is 7. The van der Waals surface area contributed by atoms with Crippen molar-refractivity contribution in [2.45, 2.75) is 33.6 Å². The molecule has 2 unspecified atom stereocenters. The van der Waals surface area contributed by atoms with E-state index in [0.29, 0.717) is 29.3 Å². The van der Waals surface area contributed by atoms with Crippen molar-refractivity contribution in [3.05, 3.63) is 15.8 Å². The van der Waals surface area contributed by atoms with Crippen molar-refractivity contribution in [3.63, 3.8) is 0 Å². The predicted octanol–water partition coefficient (Wildman–Crippen LogP) is 2.61. The molecule has 0 aromatic carbocycles. The summed E-state index contributed by atoms with van der Waals surface area (Å²) in [5.74, 6) is 2.18. The predicted molar refractivity (Wildman–Crippen MR) is 82.7 cm³/mol. The quantitative estimate of drug-likeness (QED) is 0.614. The highest BCUT2D eigenvalue weighted by Gasteiger charge is 2.35. The van der Waals surface area contributed by atoms with E-state index in [1.54, 1.807) is 6.92 Å². The van der Waals surface area contributed by atoms with Crippen LogP contribution in [0.1, 0.15) is 32.4 Å². The Labute approximate surface area is 124 Å². The first-order valence-corrected chi connectivity index (χ1v) is 7.42. The van der Waals surface area contributed by atoms with Crippen molar-refractivity contribution in [1.29, 1.82) is 0 Å². The van der Waals surface area contributed by atoms with Crippen LogP contribution in [0, 0.1) is 28.9 Å². The normalized spacial score (nSPS) is 20.2. The van der Waals surface area contributed by atoms with Gasteiger partial charge in [-0.05, 0) is 31.6 Å². The molecule has 2 rings (SSSR count). The van der Waals surface area contributed by atoms with E-state index in [9.17, 15) is 10.1 Å². The van der Waals surface area contributed by atoms with Gasteiger partial charge in [-0.15, -0.1) is 0 Å². The van der Waals surface area contributed by atoms with Gasteiger partial charge < -0.3 is 10.2 Å². The molecule has 116 valence electrons. The van der Waals surface area contributed by atoms with Gasteiger partial charge in [0.15, 0.2) is 0 Å². The van der Waals surface area contributed by atoms with Gasteiger partial charge in [-0.2, -0.15) is 4.98 Å². The highest BCUT2D eigenvalue weighted by Crippen LogP contribution is 2.39. The molecule has 1 aliphatic carbocycles. The minimum absolute atomic E-state index is 0.00727. The minimum Gasteiger partial charge on any atom is -0.354 e. The van der Waals surface area contributed by atoms with Crippen molar-refractivity contribution in [2.24, 2.45) is 11.8 Å². The third-order valence-corrected chi connectivity index (χ3v) is 3.90. The van der Waals surface area contributed by atoms with Gasteiger partial charge in [-0.25, -0.2) is 4.98 Å². The summed E-state index contributed by atoms with van der Waals surface area (Å²) in [5.41, 5.74) is 0.409. The van der Waals surface area contributed by atoms with E-state index in [1.165, 1.54) is 6.42 Å². The lowest BCUT2D eigenvalue weighted by Gasteiger charge is -2.19. The highest BCUT2D eigenvalue weighted by molar-refractivity contribution is 5.62. The van der Waals surface area contributed by atoms with E-state index in [0.717, 1.165) is 19.5 Å². The minimum atomic E-state index is -0.388. The summed E-state index contributed by atoms with van der Waals surface area (Å²) in [5, 5.41) is 14.4. The fourth-order valence-electron chi connectivity index (χ4n) is 2.44. The molecule has 1 heterocycles. The molecule has 0 radical (unpaired) electrons. The van der Waals surface area contributed by atoms with Gasteiger partial charge in [0, 0.05) is 20.1 Å². The average molecular weight is 293 g/mol. The van der Waals surface area contributed by atoms with Crippen LogP contribution in [0.2, 0.25) is 0 Å². The zero-order valence-electron chi connectivity index (χ0n) is 13.1. The smallest absolute Gasteiger partial charge is 0.332 e.